The number of thiophene rings is 1. The lowest BCUT2D eigenvalue weighted by molar-refractivity contribution is 0.122. The van der Waals surface area contributed by atoms with E-state index in [0.29, 0.717) is 26.4 Å². The zero-order valence-corrected chi connectivity index (χ0v) is 17.8. The lowest BCUT2D eigenvalue weighted by atomic mass is 10.2. The summed E-state index contributed by atoms with van der Waals surface area (Å²) < 4.78 is 17.5. The number of aryl methyl sites for hydroxylation is 1. The molecule has 2 aromatic heterocycles. The van der Waals surface area contributed by atoms with E-state index in [1.54, 1.807) is 17.7 Å². The van der Waals surface area contributed by atoms with Gasteiger partial charge in [-0.05, 0) is 26.8 Å². The quantitative estimate of drug-likeness (QED) is 0.615. The lowest BCUT2D eigenvalue weighted by Crippen LogP contribution is -2.36. The Kier molecular flexibility index (Phi) is 6.01. The van der Waals surface area contributed by atoms with Gasteiger partial charge in [-0.25, -0.2) is 9.97 Å². The van der Waals surface area contributed by atoms with E-state index < -0.39 is 0 Å². The fourth-order valence-corrected chi connectivity index (χ4v) is 4.29. The van der Waals surface area contributed by atoms with Crippen LogP contribution in [0.25, 0.3) is 10.2 Å². The highest BCUT2D eigenvalue weighted by Gasteiger charge is 2.20. The first-order valence-corrected chi connectivity index (χ1v) is 10.8. The summed E-state index contributed by atoms with van der Waals surface area (Å²) in [5.41, 5.74) is 1.86. The summed E-state index contributed by atoms with van der Waals surface area (Å²) in [7, 11) is 0. The van der Waals surface area contributed by atoms with E-state index in [2.05, 4.69) is 39.2 Å². The van der Waals surface area contributed by atoms with Gasteiger partial charge in [0.1, 0.15) is 28.5 Å². The number of rotatable bonds is 7. The van der Waals surface area contributed by atoms with Crippen molar-refractivity contribution in [2.24, 2.45) is 0 Å². The fraction of sp³-hybridized carbons (Fsp3) is 0.429. The van der Waals surface area contributed by atoms with Crippen molar-refractivity contribution in [1.82, 2.24) is 9.97 Å². The molecule has 4 rings (SSSR count). The number of aromatic nitrogens is 2. The third-order valence-electron chi connectivity index (χ3n) is 4.72. The van der Waals surface area contributed by atoms with E-state index in [1.807, 2.05) is 19.9 Å². The molecule has 154 valence electrons. The molecule has 1 N–H and O–H groups in total. The Balaban J connectivity index is 1.75. The van der Waals surface area contributed by atoms with Gasteiger partial charge in [-0.15, -0.1) is 11.3 Å². The maximum Gasteiger partial charge on any atom is 0.145 e. The summed E-state index contributed by atoms with van der Waals surface area (Å²) in [6.45, 7) is 10.3. The Morgan fingerprint density at radius 2 is 1.83 bits per heavy atom. The summed E-state index contributed by atoms with van der Waals surface area (Å²) in [5, 5.41) is 4.46. The van der Waals surface area contributed by atoms with Crippen LogP contribution in [-0.4, -0.2) is 49.5 Å². The van der Waals surface area contributed by atoms with Gasteiger partial charge in [0, 0.05) is 30.1 Å². The number of morpholine rings is 1. The van der Waals surface area contributed by atoms with Crippen LogP contribution < -0.4 is 19.7 Å². The van der Waals surface area contributed by atoms with Crippen LogP contribution >= 0.6 is 11.3 Å². The molecule has 0 saturated carbocycles. The van der Waals surface area contributed by atoms with Crippen molar-refractivity contribution in [2.75, 3.05) is 49.7 Å². The summed E-state index contributed by atoms with van der Waals surface area (Å²) in [6.07, 6.45) is 1.59. The van der Waals surface area contributed by atoms with Crippen molar-refractivity contribution in [3.05, 3.63) is 29.4 Å². The van der Waals surface area contributed by atoms with Crippen molar-refractivity contribution in [2.45, 2.75) is 20.8 Å². The highest BCUT2D eigenvalue weighted by molar-refractivity contribution is 7.18. The van der Waals surface area contributed by atoms with Crippen LogP contribution in [0.3, 0.4) is 0 Å². The highest BCUT2D eigenvalue weighted by atomic mass is 32.1. The minimum absolute atomic E-state index is 0.571. The van der Waals surface area contributed by atoms with Crippen molar-refractivity contribution in [3.63, 3.8) is 0 Å². The molecule has 1 aliphatic rings. The molecule has 7 nitrogen and oxygen atoms in total. The molecule has 0 amide bonds. The summed E-state index contributed by atoms with van der Waals surface area (Å²) in [4.78, 5) is 13.3. The molecule has 1 fully saturated rings. The maximum atomic E-state index is 5.98. The number of nitrogens with zero attached hydrogens (tertiary/aromatic N) is 3. The normalized spacial score (nSPS) is 14.2. The average Bonchev–Trinajstić information content (AvgIpc) is 3.12. The highest BCUT2D eigenvalue weighted by Crippen LogP contribution is 2.41. The Hall–Kier alpha value is -2.58. The van der Waals surface area contributed by atoms with Gasteiger partial charge >= 0.3 is 0 Å². The third kappa shape index (κ3) is 4.23. The number of nitrogens with one attached hydrogen (secondary N) is 1. The van der Waals surface area contributed by atoms with Gasteiger partial charge in [0.2, 0.25) is 0 Å². The number of hydrogen-bond donors (Lipinski definition) is 1. The van der Waals surface area contributed by atoms with E-state index in [-0.39, 0.29) is 0 Å². The van der Waals surface area contributed by atoms with E-state index >= 15 is 0 Å². The van der Waals surface area contributed by atoms with Crippen LogP contribution in [0, 0.1) is 6.92 Å². The topological polar surface area (TPSA) is 68.7 Å². The monoisotopic (exact) mass is 414 g/mol. The Labute approximate surface area is 174 Å². The zero-order chi connectivity index (χ0) is 20.2. The van der Waals surface area contributed by atoms with E-state index in [1.165, 1.54) is 4.88 Å². The molecule has 0 bridgehead atoms. The fourth-order valence-electron chi connectivity index (χ4n) is 3.45. The molecular formula is C21H26N4O3S. The van der Waals surface area contributed by atoms with Crippen molar-refractivity contribution < 1.29 is 14.2 Å². The predicted octanol–water partition coefficient (Wildman–Crippen LogP) is 4.38. The van der Waals surface area contributed by atoms with Gasteiger partial charge in [0.15, 0.2) is 0 Å². The number of ether oxygens (including phenoxy) is 3. The Morgan fingerprint density at radius 3 is 2.59 bits per heavy atom. The molecule has 3 heterocycles. The second kappa shape index (κ2) is 8.84. The number of hydrogen-bond acceptors (Lipinski definition) is 8. The minimum Gasteiger partial charge on any atom is -0.492 e. The standard InChI is InChI=1S/C21H26N4O3S/c1-4-27-18-12-17(25-6-8-26-9-7-25)19(28-5-2)11-16(18)24-20-15-10-14(3)29-21(15)23-13-22-20/h10-13H,4-9H2,1-3H3,(H,22,23,24). The molecular weight excluding hydrogens is 388 g/mol. The number of fused-ring (bicyclic) bond motifs is 1. The molecule has 0 radical (unpaired) electrons. The number of anilines is 3. The van der Waals surface area contributed by atoms with Gasteiger partial charge in [0.05, 0.1) is 43.2 Å². The van der Waals surface area contributed by atoms with Crippen LogP contribution in [0.1, 0.15) is 18.7 Å². The lowest BCUT2D eigenvalue weighted by Gasteiger charge is -2.31. The van der Waals surface area contributed by atoms with E-state index in [9.17, 15) is 0 Å². The molecule has 0 unspecified atom stereocenters. The molecule has 8 heteroatoms. The Morgan fingerprint density at radius 1 is 1.07 bits per heavy atom. The smallest absolute Gasteiger partial charge is 0.145 e. The molecule has 1 aliphatic heterocycles. The number of benzene rings is 1. The van der Waals surface area contributed by atoms with E-state index in [4.69, 9.17) is 14.2 Å². The zero-order valence-electron chi connectivity index (χ0n) is 17.0. The average molecular weight is 415 g/mol. The van der Waals surface area contributed by atoms with Crippen molar-refractivity contribution in [1.29, 1.82) is 0 Å². The van der Waals surface area contributed by atoms with Crippen molar-refractivity contribution in [3.8, 4) is 11.5 Å². The maximum absolute atomic E-state index is 5.98. The van der Waals surface area contributed by atoms with Crippen LogP contribution in [0.2, 0.25) is 0 Å². The van der Waals surface area contributed by atoms with Gasteiger partial charge in [-0.1, -0.05) is 0 Å². The van der Waals surface area contributed by atoms with Crippen LogP contribution in [0.5, 0.6) is 11.5 Å². The van der Waals surface area contributed by atoms with Gasteiger partial charge in [-0.2, -0.15) is 0 Å². The van der Waals surface area contributed by atoms with Gasteiger partial charge in [0.25, 0.3) is 0 Å². The Bertz CT molecular complexity index is 985. The van der Waals surface area contributed by atoms with Gasteiger partial charge in [-0.3, -0.25) is 0 Å². The first-order chi connectivity index (χ1) is 14.2. The molecule has 1 aromatic carbocycles. The van der Waals surface area contributed by atoms with E-state index in [0.717, 1.165) is 52.0 Å². The molecule has 0 spiro atoms. The molecule has 0 aliphatic carbocycles. The summed E-state index contributed by atoms with van der Waals surface area (Å²) in [5.74, 6) is 2.37. The second-order valence-electron chi connectivity index (χ2n) is 6.70. The van der Waals surface area contributed by atoms with Crippen LogP contribution in [-0.2, 0) is 4.74 Å². The summed E-state index contributed by atoms with van der Waals surface area (Å²) in [6, 6.07) is 6.17. The summed E-state index contributed by atoms with van der Waals surface area (Å²) >= 11 is 1.66. The van der Waals surface area contributed by atoms with Crippen LogP contribution in [0.15, 0.2) is 24.5 Å². The van der Waals surface area contributed by atoms with Crippen LogP contribution in [0.4, 0.5) is 17.2 Å². The minimum atomic E-state index is 0.571. The van der Waals surface area contributed by atoms with Crippen molar-refractivity contribution >= 4 is 38.7 Å². The predicted molar refractivity (Wildman–Crippen MR) is 117 cm³/mol. The third-order valence-corrected chi connectivity index (χ3v) is 5.68. The molecule has 3 aromatic rings. The molecule has 1 saturated heterocycles. The largest absolute Gasteiger partial charge is 0.492 e. The molecule has 0 atom stereocenters. The molecule has 29 heavy (non-hydrogen) atoms. The van der Waals surface area contributed by atoms with Gasteiger partial charge < -0.3 is 24.4 Å². The SMILES string of the molecule is CCOc1cc(N2CCOCC2)c(OCC)cc1Nc1ncnc2sc(C)cc12. The first-order valence-electron chi connectivity index (χ1n) is 9.94. The second-order valence-corrected chi connectivity index (χ2v) is 7.94. The first kappa shape index (κ1) is 19.7.